The van der Waals surface area contributed by atoms with Crippen molar-refractivity contribution in [2.45, 2.75) is 0 Å². The summed E-state index contributed by atoms with van der Waals surface area (Å²) in [5, 5.41) is 8.76. The van der Waals surface area contributed by atoms with Crippen LogP contribution in [0.2, 0.25) is 0 Å². The average Bonchev–Trinajstić information content (AvgIpc) is 2.29. The zero-order valence-electron chi connectivity index (χ0n) is 7.57. The third kappa shape index (κ3) is 1.20. The lowest BCUT2D eigenvalue weighted by molar-refractivity contribution is 0.0679. The van der Waals surface area contributed by atoms with Gasteiger partial charge in [-0.05, 0) is 0 Å². The second kappa shape index (κ2) is 2.96. The fourth-order valence-electron chi connectivity index (χ4n) is 1.10. The molecule has 0 fully saturated rings. The molecule has 0 unspecified atom stereocenters. The first-order chi connectivity index (χ1) is 6.00. The lowest BCUT2D eigenvalue weighted by Crippen LogP contribution is -2.18. The van der Waals surface area contributed by atoms with Crippen molar-refractivity contribution in [3.63, 3.8) is 0 Å². The van der Waals surface area contributed by atoms with E-state index in [1.165, 1.54) is 30.6 Å². The maximum absolute atomic E-state index is 11.3. The number of aromatic carboxylic acids is 1. The molecule has 0 aliphatic carbocycles. The first-order valence-electron chi connectivity index (χ1n) is 3.54. The Labute approximate surface area is 73.9 Å². The minimum Gasteiger partial charge on any atom is -0.489 e. The third-order valence-electron chi connectivity index (χ3n) is 1.88. The molecule has 6 heteroatoms. The normalized spacial score (nSPS) is 10.1. The number of hydrogen-bond donors (Lipinski definition) is 1. The number of nitrogens with zero attached hydrogens (tertiary/aromatic N) is 2. The Morgan fingerprint density at radius 3 is 2.23 bits per heavy atom. The molecule has 0 aliphatic rings. The number of rotatable bonds is 2. The fraction of sp³-hybridized carbons (Fsp3) is 0.429. The largest absolute Gasteiger partial charge is 0.489 e. The van der Waals surface area contributed by atoms with Gasteiger partial charge in [0.05, 0.1) is 7.11 Å². The van der Waals surface area contributed by atoms with Crippen molar-refractivity contribution in [1.82, 2.24) is 9.36 Å². The number of aromatic nitrogens is 2. The summed E-state index contributed by atoms with van der Waals surface area (Å²) in [6, 6.07) is 0. The zero-order valence-corrected chi connectivity index (χ0v) is 7.57. The predicted octanol–water partition coefficient (Wildman–Crippen LogP) is -0.569. The van der Waals surface area contributed by atoms with Crippen LogP contribution in [0, 0.1) is 0 Å². The highest BCUT2D eigenvalue weighted by molar-refractivity contribution is 5.88. The SMILES string of the molecule is COc1c(C(=O)O)n(C)n(C)c1=O. The third-order valence-corrected chi connectivity index (χ3v) is 1.88. The van der Waals surface area contributed by atoms with Crippen molar-refractivity contribution in [2.75, 3.05) is 7.11 Å². The second-order valence-electron chi connectivity index (χ2n) is 2.54. The summed E-state index contributed by atoms with van der Waals surface area (Å²) in [6.07, 6.45) is 0. The maximum Gasteiger partial charge on any atom is 0.358 e. The van der Waals surface area contributed by atoms with Crippen LogP contribution in [0.25, 0.3) is 0 Å². The first kappa shape index (κ1) is 9.37. The van der Waals surface area contributed by atoms with Crippen LogP contribution >= 0.6 is 0 Å². The van der Waals surface area contributed by atoms with E-state index in [1.54, 1.807) is 0 Å². The van der Waals surface area contributed by atoms with Gasteiger partial charge in [-0.3, -0.25) is 14.2 Å². The van der Waals surface area contributed by atoms with Gasteiger partial charge in [0.1, 0.15) is 0 Å². The molecule has 0 saturated heterocycles. The first-order valence-corrected chi connectivity index (χ1v) is 3.54. The molecule has 0 spiro atoms. The van der Waals surface area contributed by atoms with Gasteiger partial charge in [-0.2, -0.15) is 0 Å². The predicted molar refractivity (Wildman–Crippen MR) is 44.2 cm³/mol. The van der Waals surface area contributed by atoms with Crippen LogP contribution < -0.4 is 10.3 Å². The minimum absolute atomic E-state index is 0.141. The highest BCUT2D eigenvalue weighted by atomic mass is 16.5. The Balaban J connectivity index is 3.58. The highest BCUT2D eigenvalue weighted by Crippen LogP contribution is 2.11. The Morgan fingerprint density at radius 2 is 1.92 bits per heavy atom. The van der Waals surface area contributed by atoms with Gasteiger partial charge in [-0.25, -0.2) is 4.79 Å². The summed E-state index contributed by atoms with van der Waals surface area (Å²) in [5.41, 5.74) is -0.600. The number of carboxylic acid groups (broad SMARTS) is 1. The quantitative estimate of drug-likeness (QED) is 0.671. The number of carboxylic acids is 1. The van der Waals surface area contributed by atoms with Crippen molar-refractivity contribution in [1.29, 1.82) is 0 Å². The number of hydrogen-bond acceptors (Lipinski definition) is 3. The van der Waals surface area contributed by atoms with Gasteiger partial charge in [0.2, 0.25) is 5.75 Å². The Morgan fingerprint density at radius 1 is 1.38 bits per heavy atom. The molecular weight excluding hydrogens is 176 g/mol. The minimum atomic E-state index is -1.18. The molecule has 1 aromatic rings. The Bertz CT molecular complexity index is 401. The molecule has 0 atom stereocenters. The molecule has 1 N–H and O–H groups in total. The fourth-order valence-corrected chi connectivity index (χ4v) is 1.10. The summed E-state index contributed by atoms with van der Waals surface area (Å²) in [7, 11) is 4.22. The molecule has 6 nitrogen and oxygen atoms in total. The average molecular weight is 186 g/mol. The number of methoxy groups -OCH3 is 1. The van der Waals surface area contributed by atoms with Crippen LogP contribution in [0.3, 0.4) is 0 Å². The summed E-state index contributed by atoms with van der Waals surface area (Å²) in [4.78, 5) is 22.0. The maximum atomic E-state index is 11.3. The molecule has 0 bridgehead atoms. The van der Waals surface area contributed by atoms with Gasteiger partial charge >= 0.3 is 11.5 Å². The van der Waals surface area contributed by atoms with Gasteiger partial charge in [0, 0.05) is 14.1 Å². The van der Waals surface area contributed by atoms with Gasteiger partial charge < -0.3 is 9.84 Å². The summed E-state index contributed by atoms with van der Waals surface area (Å²) < 4.78 is 7.10. The van der Waals surface area contributed by atoms with Gasteiger partial charge in [0.25, 0.3) is 0 Å². The number of ether oxygens (including phenoxy) is 1. The summed E-state index contributed by atoms with van der Waals surface area (Å²) >= 11 is 0. The molecule has 13 heavy (non-hydrogen) atoms. The molecule has 0 saturated carbocycles. The van der Waals surface area contributed by atoms with Crippen molar-refractivity contribution >= 4 is 5.97 Å². The van der Waals surface area contributed by atoms with Gasteiger partial charge in [-0.15, -0.1) is 0 Å². The van der Waals surface area contributed by atoms with Gasteiger partial charge in [0.15, 0.2) is 5.69 Å². The van der Waals surface area contributed by atoms with Crippen LogP contribution in [0.1, 0.15) is 10.5 Å². The molecule has 72 valence electrons. The van der Waals surface area contributed by atoms with Crippen molar-refractivity contribution < 1.29 is 14.6 Å². The van der Waals surface area contributed by atoms with Crippen LogP contribution in [-0.2, 0) is 14.1 Å². The van der Waals surface area contributed by atoms with Crippen molar-refractivity contribution in [3.05, 3.63) is 16.0 Å². The van der Waals surface area contributed by atoms with Crippen LogP contribution in [-0.4, -0.2) is 27.5 Å². The standard InChI is InChI=1S/C7H10N2O4/c1-8-4(7(11)12)5(13-3)6(10)9(8)2/h1-3H3,(H,11,12). The van der Waals surface area contributed by atoms with E-state index in [0.29, 0.717) is 0 Å². The molecule has 0 amide bonds. The Kier molecular flexibility index (Phi) is 2.14. The van der Waals surface area contributed by atoms with Crippen LogP contribution in [0.4, 0.5) is 0 Å². The van der Waals surface area contributed by atoms with Gasteiger partial charge in [-0.1, -0.05) is 0 Å². The second-order valence-corrected chi connectivity index (χ2v) is 2.54. The highest BCUT2D eigenvalue weighted by Gasteiger charge is 2.22. The smallest absolute Gasteiger partial charge is 0.358 e. The van der Waals surface area contributed by atoms with Crippen molar-refractivity contribution in [3.8, 4) is 5.75 Å². The molecule has 0 aromatic carbocycles. The molecule has 1 rings (SSSR count). The number of carbonyl (C=O) groups is 1. The van der Waals surface area contributed by atoms with E-state index < -0.39 is 11.5 Å². The van der Waals surface area contributed by atoms with Crippen molar-refractivity contribution in [2.24, 2.45) is 14.1 Å². The van der Waals surface area contributed by atoms with E-state index in [0.717, 1.165) is 0 Å². The van der Waals surface area contributed by atoms with E-state index in [9.17, 15) is 9.59 Å². The van der Waals surface area contributed by atoms with E-state index in [-0.39, 0.29) is 11.4 Å². The molecular formula is C7H10N2O4. The van der Waals surface area contributed by atoms with E-state index >= 15 is 0 Å². The van der Waals surface area contributed by atoms with E-state index in [2.05, 4.69) is 0 Å². The lowest BCUT2D eigenvalue weighted by Gasteiger charge is -2.00. The molecule has 1 aromatic heterocycles. The molecule has 1 heterocycles. The Hall–Kier alpha value is -1.72. The summed E-state index contributed by atoms with van der Waals surface area (Å²) in [5.74, 6) is -1.32. The zero-order chi connectivity index (χ0) is 10.2. The monoisotopic (exact) mass is 186 g/mol. The topological polar surface area (TPSA) is 73.5 Å². The van der Waals surface area contributed by atoms with Crippen LogP contribution in [0.5, 0.6) is 5.75 Å². The van der Waals surface area contributed by atoms with Crippen LogP contribution in [0.15, 0.2) is 4.79 Å². The van der Waals surface area contributed by atoms with E-state index in [4.69, 9.17) is 9.84 Å². The molecule has 0 aliphatic heterocycles. The summed E-state index contributed by atoms with van der Waals surface area (Å²) in [6.45, 7) is 0. The lowest BCUT2D eigenvalue weighted by atomic mass is 10.4. The van der Waals surface area contributed by atoms with E-state index in [1.807, 2.05) is 0 Å². The molecule has 0 radical (unpaired) electrons.